The molecule has 1 aromatic carbocycles. The van der Waals surface area contributed by atoms with Crippen molar-refractivity contribution in [3.63, 3.8) is 0 Å². The first kappa shape index (κ1) is 11.5. The number of aryl methyl sites for hydroxylation is 1. The molecular formula is C13H13N3S. The third kappa shape index (κ3) is 2.79. The molecule has 0 bridgehead atoms. The standard InChI is InChI=1S/C13H13N3S/c1-9-4-5-11(13(14)17)12(7-9)16-10-3-2-6-15-8-10/h2-8,16H,1H3,(H2,14,17). The zero-order chi connectivity index (χ0) is 12.3. The van der Waals surface area contributed by atoms with Gasteiger partial charge in [-0.2, -0.15) is 0 Å². The largest absolute Gasteiger partial charge is 0.389 e. The molecule has 1 heterocycles. The van der Waals surface area contributed by atoms with Crippen molar-refractivity contribution in [2.75, 3.05) is 5.32 Å². The number of anilines is 2. The molecule has 0 aliphatic carbocycles. The molecular weight excluding hydrogens is 230 g/mol. The molecule has 1 aromatic heterocycles. The fourth-order valence-corrected chi connectivity index (χ4v) is 1.75. The molecule has 0 amide bonds. The summed E-state index contributed by atoms with van der Waals surface area (Å²) in [5.41, 5.74) is 9.51. The smallest absolute Gasteiger partial charge is 0.106 e. The zero-order valence-electron chi connectivity index (χ0n) is 9.47. The molecule has 2 aromatic rings. The predicted octanol–water partition coefficient (Wildman–Crippen LogP) is 2.77. The second-order valence-electron chi connectivity index (χ2n) is 3.78. The van der Waals surface area contributed by atoms with Gasteiger partial charge < -0.3 is 11.1 Å². The van der Waals surface area contributed by atoms with Crippen LogP contribution < -0.4 is 11.1 Å². The quantitative estimate of drug-likeness (QED) is 0.814. The van der Waals surface area contributed by atoms with Gasteiger partial charge in [0.05, 0.1) is 11.9 Å². The first-order valence-electron chi connectivity index (χ1n) is 5.24. The Balaban J connectivity index is 2.37. The van der Waals surface area contributed by atoms with Gasteiger partial charge in [-0.1, -0.05) is 18.3 Å². The van der Waals surface area contributed by atoms with Crippen LogP contribution in [0.25, 0.3) is 0 Å². The fraction of sp³-hybridized carbons (Fsp3) is 0.0769. The zero-order valence-corrected chi connectivity index (χ0v) is 10.3. The molecule has 17 heavy (non-hydrogen) atoms. The van der Waals surface area contributed by atoms with Gasteiger partial charge in [0.1, 0.15) is 4.99 Å². The van der Waals surface area contributed by atoms with Crippen LogP contribution >= 0.6 is 12.2 Å². The van der Waals surface area contributed by atoms with Gasteiger partial charge in [-0.3, -0.25) is 4.98 Å². The van der Waals surface area contributed by atoms with Crippen LogP contribution in [0, 0.1) is 6.92 Å². The minimum atomic E-state index is 0.386. The molecule has 3 nitrogen and oxygen atoms in total. The first-order valence-corrected chi connectivity index (χ1v) is 5.65. The Morgan fingerprint density at radius 2 is 2.18 bits per heavy atom. The highest BCUT2D eigenvalue weighted by Crippen LogP contribution is 2.21. The number of nitrogens with zero attached hydrogens (tertiary/aromatic N) is 1. The average Bonchev–Trinajstić information content (AvgIpc) is 2.30. The Morgan fingerprint density at radius 3 is 2.82 bits per heavy atom. The molecule has 0 unspecified atom stereocenters. The van der Waals surface area contributed by atoms with Crippen LogP contribution in [0.1, 0.15) is 11.1 Å². The third-order valence-electron chi connectivity index (χ3n) is 2.38. The minimum Gasteiger partial charge on any atom is -0.389 e. The molecule has 0 saturated heterocycles. The van der Waals surface area contributed by atoms with Crippen molar-refractivity contribution in [1.29, 1.82) is 0 Å². The summed E-state index contributed by atoms with van der Waals surface area (Å²) in [7, 11) is 0. The van der Waals surface area contributed by atoms with E-state index in [9.17, 15) is 0 Å². The number of pyridine rings is 1. The second-order valence-corrected chi connectivity index (χ2v) is 4.22. The normalized spacial score (nSPS) is 9.94. The van der Waals surface area contributed by atoms with Crippen LogP contribution in [0.3, 0.4) is 0 Å². The number of thiocarbonyl (C=S) groups is 1. The highest BCUT2D eigenvalue weighted by molar-refractivity contribution is 7.80. The van der Waals surface area contributed by atoms with E-state index in [1.807, 2.05) is 37.3 Å². The van der Waals surface area contributed by atoms with Crippen molar-refractivity contribution in [1.82, 2.24) is 4.98 Å². The molecule has 2 rings (SSSR count). The molecule has 86 valence electrons. The van der Waals surface area contributed by atoms with Crippen LogP contribution in [0.2, 0.25) is 0 Å². The van der Waals surface area contributed by atoms with E-state index in [-0.39, 0.29) is 0 Å². The van der Waals surface area contributed by atoms with Gasteiger partial charge in [0.15, 0.2) is 0 Å². The summed E-state index contributed by atoms with van der Waals surface area (Å²) in [6, 6.07) is 9.75. The van der Waals surface area contributed by atoms with E-state index in [0.29, 0.717) is 4.99 Å². The molecule has 0 spiro atoms. The van der Waals surface area contributed by atoms with Crippen molar-refractivity contribution in [3.8, 4) is 0 Å². The number of nitrogens with one attached hydrogen (secondary N) is 1. The number of benzene rings is 1. The number of aromatic nitrogens is 1. The highest BCUT2D eigenvalue weighted by Gasteiger charge is 2.05. The molecule has 0 atom stereocenters. The van der Waals surface area contributed by atoms with Crippen LogP contribution in [-0.2, 0) is 0 Å². The molecule has 0 saturated carbocycles. The predicted molar refractivity (Wildman–Crippen MR) is 74.6 cm³/mol. The number of rotatable bonds is 3. The van der Waals surface area contributed by atoms with E-state index in [2.05, 4.69) is 10.3 Å². The van der Waals surface area contributed by atoms with Crippen LogP contribution in [0.15, 0.2) is 42.7 Å². The lowest BCUT2D eigenvalue weighted by Gasteiger charge is -2.11. The maximum Gasteiger partial charge on any atom is 0.106 e. The van der Waals surface area contributed by atoms with Gasteiger partial charge >= 0.3 is 0 Å². The lowest BCUT2D eigenvalue weighted by molar-refractivity contribution is 1.32. The second kappa shape index (κ2) is 4.93. The molecule has 0 aliphatic heterocycles. The van der Waals surface area contributed by atoms with Gasteiger partial charge in [-0.05, 0) is 36.8 Å². The Hall–Kier alpha value is -1.94. The summed E-state index contributed by atoms with van der Waals surface area (Å²) in [5.74, 6) is 0. The van der Waals surface area contributed by atoms with E-state index in [0.717, 1.165) is 22.5 Å². The number of hydrogen-bond donors (Lipinski definition) is 2. The van der Waals surface area contributed by atoms with E-state index < -0.39 is 0 Å². The average molecular weight is 243 g/mol. The monoisotopic (exact) mass is 243 g/mol. The fourth-order valence-electron chi connectivity index (χ4n) is 1.57. The van der Waals surface area contributed by atoms with Crippen LogP contribution in [0.4, 0.5) is 11.4 Å². The van der Waals surface area contributed by atoms with Crippen molar-refractivity contribution in [3.05, 3.63) is 53.9 Å². The molecule has 3 N–H and O–H groups in total. The summed E-state index contributed by atoms with van der Waals surface area (Å²) in [5, 5.41) is 3.26. The summed E-state index contributed by atoms with van der Waals surface area (Å²) >= 11 is 5.03. The Bertz CT molecular complexity index is 538. The SMILES string of the molecule is Cc1ccc(C(N)=S)c(Nc2cccnc2)c1. The summed E-state index contributed by atoms with van der Waals surface area (Å²) in [6.07, 6.45) is 3.49. The van der Waals surface area contributed by atoms with Crippen molar-refractivity contribution >= 4 is 28.6 Å². The lowest BCUT2D eigenvalue weighted by Crippen LogP contribution is -2.12. The summed E-state index contributed by atoms with van der Waals surface area (Å²) < 4.78 is 0. The first-order chi connectivity index (χ1) is 8.16. The molecule has 0 aliphatic rings. The van der Waals surface area contributed by atoms with Gasteiger partial charge in [0.2, 0.25) is 0 Å². The Kier molecular flexibility index (Phi) is 3.35. The summed E-state index contributed by atoms with van der Waals surface area (Å²) in [6.45, 7) is 2.03. The van der Waals surface area contributed by atoms with Gasteiger partial charge in [-0.25, -0.2) is 0 Å². The maximum atomic E-state index is 5.69. The number of nitrogens with two attached hydrogens (primary N) is 1. The van der Waals surface area contributed by atoms with Crippen molar-refractivity contribution in [2.24, 2.45) is 5.73 Å². The van der Waals surface area contributed by atoms with E-state index in [1.165, 1.54) is 0 Å². The van der Waals surface area contributed by atoms with Gasteiger partial charge in [0, 0.05) is 17.4 Å². The summed E-state index contributed by atoms with van der Waals surface area (Å²) in [4.78, 5) is 4.44. The molecule has 4 heteroatoms. The number of hydrogen-bond acceptors (Lipinski definition) is 3. The topological polar surface area (TPSA) is 50.9 Å². The van der Waals surface area contributed by atoms with Crippen molar-refractivity contribution in [2.45, 2.75) is 6.92 Å². The van der Waals surface area contributed by atoms with E-state index in [1.54, 1.807) is 12.4 Å². The molecule has 0 radical (unpaired) electrons. The van der Waals surface area contributed by atoms with Gasteiger partial charge in [0.25, 0.3) is 0 Å². The Morgan fingerprint density at radius 1 is 1.35 bits per heavy atom. The highest BCUT2D eigenvalue weighted by atomic mass is 32.1. The van der Waals surface area contributed by atoms with Crippen LogP contribution in [0.5, 0.6) is 0 Å². The lowest BCUT2D eigenvalue weighted by atomic mass is 10.1. The van der Waals surface area contributed by atoms with E-state index >= 15 is 0 Å². The van der Waals surface area contributed by atoms with Gasteiger partial charge in [-0.15, -0.1) is 0 Å². The maximum absolute atomic E-state index is 5.69. The van der Waals surface area contributed by atoms with Crippen LogP contribution in [-0.4, -0.2) is 9.97 Å². The molecule has 0 fully saturated rings. The van der Waals surface area contributed by atoms with Crippen molar-refractivity contribution < 1.29 is 0 Å². The van der Waals surface area contributed by atoms with E-state index in [4.69, 9.17) is 18.0 Å². The Labute approximate surface area is 106 Å². The third-order valence-corrected chi connectivity index (χ3v) is 2.60. The minimum absolute atomic E-state index is 0.386.